The molecule has 2 aromatic rings. The Balaban J connectivity index is 1.30. The van der Waals surface area contributed by atoms with E-state index in [1.54, 1.807) is 40.1 Å². The molecule has 0 saturated carbocycles. The largest absolute Gasteiger partial charge is 0.485 e. The molecule has 0 aliphatic carbocycles. The monoisotopic (exact) mass is 401 g/mol. The molecule has 8 heteroatoms. The van der Waals surface area contributed by atoms with Crippen LogP contribution in [0, 0.1) is 0 Å². The Morgan fingerprint density at radius 2 is 1.68 bits per heavy atom. The predicted molar refractivity (Wildman–Crippen MR) is 105 cm³/mol. The molecule has 1 unspecified atom stereocenters. The Bertz CT molecular complexity index is 883. The summed E-state index contributed by atoms with van der Waals surface area (Å²) in [4.78, 5) is 28.6. The second kappa shape index (κ2) is 7.98. The highest BCUT2D eigenvalue weighted by molar-refractivity contribution is 6.30. The molecule has 2 aliphatic rings. The molecule has 4 rings (SSSR count). The number of carbonyl (C=O) groups excluding carboxylic acids is 2. The number of para-hydroxylation sites is 2. The van der Waals surface area contributed by atoms with E-state index in [2.05, 4.69) is 5.32 Å². The molecule has 1 saturated heterocycles. The smallest absolute Gasteiger partial charge is 0.321 e. The van der Waals surface area contributed by atoms with Gasteiger partial charge in [-0.15, -0.1) is 0 Å². The molecule has 2 aliphatic heterocycles. The number of fused-ring (bicyclic) bond motifs is 1. The molecule has 2 aromatic carbocycles. The van der Waals surface area contributed by atoms with Gasteiger partial charge in [-0.1, -0.05) is 29.8 Å². The number of nitrogens with zero attached hydrogens (tertiary/aromatic N) is 2. The molecular formula is C20H20ClN3O4. The number of carbonyl (C=O) groups is 2. The molecule has 146 valence electrons. The topological polar surface area (TPSA) is 71.1 Å². The van der Waals surface area contributed by atoms with Crippen molar-refractivity contribution in [2.45, 2.75) is 6.10 Å². The van der Waals surface area contributed by atoms with E-state index >= 15 is 0 Å². The molecule has 28 heavy (non-hydrogen) atoms. The van der Waals surface area contributed by atoms with E-state index in [9.17, 15) is 9.59 Å². The van der Waals surface area contributed by atoms with Gasteiger partial charge in [-0.2, -0.15) is 0 Å². The van der Waals surface area contributed by atoms with E-state index in [-0.39, 0.29) is 18.5 Å². The molecule has 0 aromatic heterocycles. The van der Waals surface area contributed by atoms with Gasteiger partial charge in [0.25, 0.3) is 5.91 Å². The number of halogens is 1. The highest BCUT2D eigenvalue weighted by Gasteiger charge is 2.33. The summed E-state index contributed by atoms with van der Waals surface area (Å²) in [6.45, 7) is 1.97. The van der Waals surface area contributed by atoms with Crippen LogP contribution in [0.5, 0.6) is 11.5 Å². The number of anilines is 1. The van der Waals surface area contributed by atoms with Gasteiger partial charge in [-0.05, 0) is 30.3 Å². The number of benzene rings is 2. The van der Waals surface area contributed by atoms with Crippen LogP contribution in [0.4, 0.5) is 10.5 Å². The fourth-order valence-electron chi connectivity index (χ4n) is 3.24. The lowest BCUT2D eigenvalue weighted by molar-refractivity contribution is -0.142. The molecule has 3 amide bonds. The van der Waals surface area contributed by atoms with Crippen LogP contribution in [0.15, 0.2) is 48.5 Å². The average Bonchev–Trinajstić information content (AvgIpc) is 2.73. The van der Waals surface area contributed by atoms with Crippen molar-refractivity contribution < 1.29 is 19.1 Å². The zero-order valence-corrected chi connectivity index (χ0v) is 15.9. The average molecular weight is 402 g/mol. The number of amides is 3. The number of hydrogen-bond acceptors (Lipinski definition) is 4. The van der Waals surface area contributed by atoms with Gasteiger partial charge in [0.05, 0.1) is 0 Å². The van der Waals surface area contributed by atoms with E-state index in [1.165, 1.54) is 0 Å². The van der Waals surface area contributed by atoms with Gasteiger partial charge >= 0.3 is 6.03 Å². The fraction of sp³-hybridized carbons (Fsp3) is 0.300. The van der Waals surface area contributed by atoms with Crippen molar-refractivity contribution in [2.24, 2.45) is 0 Å². The zero-order chi connectivity index (χ0) is 19.5. The van der Waals surface area contributed by atoms with Crippen LogP contribution < -0.4 is 14.8 Å². The van der Waals surface area contributed by atoms with Gasteiger partial charge < -0.3 is 24.6 Å². The number of urea groups is 1. The van der Waals surface area contributed by atoms with Crippen LogP contribution in [-0.4, -0.2) is 60.6 Å². The Morgan fingerprint density at radius 1 is 0.964 bits per heavy atom. The first-order valence-electron chi connectivity index (χ1n) is 9.09. The summed E-state index contributed by atoms with van der Waals surface area (Å²) in [7, 11) is 0. The third-order valence-electron chi connectivity index (χ3n) is 4.74. The molecule has 2 heterocycles. The Hall–Kier alpha value is -2.93. The maximum Gasteiger partial charge on any atom is 0.321 e. The van der Waals surface area contributed by atoms with E-state index in [1.807, 2.05) is 18.2 Å². The maximum atomic E-state index is 12.8. The van der Waals surface area contributed by atoms with Crippen LogP contribution in [0.1, 0.15) is 0 Å². The van der Waals surface area contributed by atoms with Crippen molar-refractivity contribution in [2.75, 3.05) is 38.1 Å². The molecule has 7 nitrogen and oxygen atoms in total. The summed E-state index contributed by atoms with van der Waals surface area (Å²) < 4.78 is 11.4. The van der Waals surface area contributed by atoms with Crippen molar-refractivity contribution in [1.29, 1.82) is 0 Å². The van der Waals surface area contributed by atoms with E-state index < -0.39 is 6.10 Å². The van der Waals surface area contributed by atoms with E-state index in [0.29, 0.717) is 48.4 Å². The number of nitrogens with one attached hydrogen (secondary N) is 1. The highest BCUT2D eigenvalue weighted by Crippen LogP contribution is 2.31. The van der Waals surface area contributed by atoms with Gasteiger partial charge in [-0.3, -0.25) is 4.79 Å². The van der Waals surface area contributed by atoms with Crippen molar-refractivity contribution in [3.05, 3.63) is 53.6 Å². The molecule has 1 N–H and O–H groups in total. The Labute approximate surface area is 167 Å². The quantitative estimate of drug-likeness (QED) is 0.840. The van der Waals surface area contributed by atoms with E-state index in [4.69, 9.17) is 21.1 Å². The first-order chi connectivity index (χ1) is 13.6. The minimum Gasteiger partial charge on any atom is -0.485 e. The first-order valence-corrected chi connectivity index (χ1v) is 9.47. The van der Waals surface area contributed by atoms with Crippen LogP contribution in [-0.2, 0) is 4.79 Å². The van der Waals surface area contributed by atoms with Crippen LogP contribution in [0.2, 0.25) is 5.02 Å². The third-order valence-corrected chi connectivity index (χ3v) is 4.97. The summed E-state index contributed by atoms with van der Waals surface area (Å²) in [5.41, 5.74) is 0.641. The van der Waals surface area contributed by atoms with Crippen molar-refractivity contribution in [3.8, 4) is 11.5 Å². The number of piperazine rings is 1. The van der Waals surface area contributed by atoms with Crippen molar-refractivity contribution in [1.82, 2.24) is 9.80 Å². The van der Waals surface area contributed by atoms with Gasteiger partial charge in [0, 0.05) is 36.9 Å². The summed E-state index contributed by atoms with van der Waals surface area (Å²) in [6, 6.07) is 14.1. The van der Waals surface area contributed by atoms with Gasteiger partial charge in [0.2, 0.25) is 6.10 Å². The molecule has 1 fully saturated rings. The predicted octanol–water partition coefficient (Wildman–Crippen LogP) is 2.86. The molecule has 0 spiro atoms. The lowest BCUT2D eigenvalue weighted by atomic mass is 10.2. The highest BCUT2D eigenvalue weighted by atomic mass is 35.5. The SMILES string of the molecule is O=C(Nc1cccc(Cl)c1)N1CCN(C(=O)C2COc3ccccc3O2)CC1. The van der Waals surface area contributed by atoms with Crippen LogP contribution in [0.25, 0.3) is 0 Å². The molecular weight excluding hydrogens is 382 g/mol. The minimum atomic E-state index is -0.665. The second-order valence-electron chi connectivity index (χ2n) is 6.62. The third kappa shape index (κ3) is 3.99. The van der Waals surface area contributed by atoms with E-state index in [0.717, 1.165) is 0 Å². The summed E-state index contributed by atoms with van der Waals surface area (Å²) in [6.07, 6.45) is -0.665. The minimum absolute atomic E-state index is 0.121. The second-order valence-corrected chi connectivity index (χ2v) is 7.05. The Kier molecular flexibility index (Phi) is 5.25. The zero-order valence-electron chi connectivity index (χ0n) is 15.1. The van der Waals surface area contributed by atoms with Crippen molar-refractivity contribution >= 4 is 29.2 Å². The lowest BCUT2D eigenvalue weighted by Gasteiger charge is -2.37. The standard InChI is InChI=1S/C20H20ClN3O4/c21-14-4-3-5-15(12-14)22-20(26)24-10-8-23(9-11-24)19(25)18-13-27-16-6-1-2-7-17(16)28-18/h1-7,12,18H,8-11,13H2,(H,22,26). The summed E-state index contributed by atoms with van der Waals surface area (Å²) >= 11 is 5.94. The van der Waals surface area contributed by atoms with Gasteiger partial charge in [0.15, 0.2) is 11.5 Å². The first kappa shape index (κ1) is 18.4. The van der Waals surface area contributed by atoms with Crippen molar-refractivity contribution in [3.63, 3.8) is 0 Å². The normalized spacial score (nSPS) is 18.5. The molecule has 1 atom stereocenters. The lowest BCUT2D eigenvalue weighted by Crippen LogP contribution is -2.55. The van der Waals surface area contributed by atoms with Gasteiger partial charge in [-0.25, -0.2) is 4.79 Å². The molecule has 0 radical (unpaired) electrons. The number of hydrogen-bond donors (Lipinski definition) is 1. The van der Waals surface area contributed by atoms with Crippen LogP contribution in [0.3, 0.4) is 0 Å². The Morgan fingerprint density at radius 3 is 2.43 bits per heavy atom. The van der Waals surface area contributed by atoms with Crippen LogP contribution >= 0.6 is 11.6 Å². The maximum absolute atomic E-state index is 12.8. The number of rotatable bonds is 2. The molecule has 0 bridgehead atoms. The van der Waals surface area contributed by atoms with Gasteiger partial charge in [0.1, 0.15) is 6.61 Å². The number of ether oxygens (including phenoxy) is 2. The summed E-state index contributed by atoms with van der Waals surface area (Å²) in [5.74, 6) is 1.10. The fourth-order valence-corrected chi connectivity index (χ4v) is 3.43. The summed E-state index contributed by atoms with van der Waals surface area (Å²) in [5, 5.41) is 3.39.